The summed E-state index contributed by atoms with van der Waals surface area (Å²) < 4.78 is 0. The van der Waals surface area contributed by atoms with E-state index in [1.165, 1.54) is 0 Å². The molecule has 2 heterocycles. The van der Waals surface area contributed by atoms with E-state index >= 15 is 0 Å². The van der Waals surface area contributed by atoms with Crippen molar-refractivity contribution in [1.29, 1.82) is 0 Å². The predicted octanol–water partition coefficient (Wildman–Crippen LogP) is 0.815. The molecule has 1 aliphatic heterocycles. The Morgan fingerprint density at radius 3 is 2.71 bits per heavy atom. The van der Waals surface area contributed by atoms with Crippen LogP contribution >= 0.6 is 0 Å². The van der Waals surface area contributed by atoms with Gasteiger partial charge in [0.15, 0.2) is 0 Å². The van der Waals surface area contributed by atoms with Crippen molar-refractivity contribution in [3.05, 3.63) is 59.9 Å². The number of pyridine rings is 1. The zero-order chi connectivity index (χ0) is 14.8. The highest BCUT2D eigenvalue weighted by molar-refractivity contribution is 6.02. The number of carbonyl (C=O) groups is 2. The molecule has 6 heteroatoms. The molecule has 1 aromatic carbocycles. The number of carbonyl (C=O) groups excluding carboxylic acids is 2. The molecule has 0 unspecified atom stereocenters. The fourth-order valence-electron chi connectivity index (χ4n) is 2.45. The largest absolute Gasteiger partial charge is 0.368 e. The Hall–Kier alpha value is -2.89. The van der Waals surface area contributed by atoms with Gasteiger partial charge in [0, 0.05) is 6.20 Å². The molecule has 0 aliphatic carbocycles. The van der Waals surface area contributed by atoms with E-state index in [0.717, 1.165) is 0 Å². The summed E-state index contributed by atoms with van der Waals surface area (Å²) >= 11 is 0. The minimum Gasteiger partial charge on any atom is -0.368 e. The van der Waals surface area contributed by atoms with Gasteiger partial charge in [-0.2, -0.15) is 0 Å². The molecule has 1 aromatic heterocycles. The Kier molecular flexibility index (Phi) is 3.27. The van der Waals surface area contributed by atoms with Gasteiger partial charge in [-0.3, -0.25) is 14.6 Å². The maximum Gasteiger partial charge on any atom is 0.255 e. The quantitative estimate of drug-likeness (QED) is 0.872. The van der Waals surface area contributed by atoms with Crippen LogP contribution in [0.15, 0.2) is 48.7 Å². The van der Waals surface area contributed by atoms with Gasteiger partial charge in [-0.25, -0.2) is 0 Å². The topological polar surface area (TPSA) is 88.3 Å². The Balaban J connectivity index is 2.08. The SMILES string of the molecule is NC(=O)CN1c2ccccc2C(=O)N[C@H]1c1ccccn1. The summed E-state index contributed by atoms with van der Waals surface area (Å²) in [5.41, 5.74) is 7.19. The molecule has 106 valence electrons. The number of hydrogen-bond donors (Lipinski definition) is 2. The maximum absolute atomic E-state index is 12.2. The van der Waals surface area contributed by atoms with Crippen LogP contribution in [0, 0.1) is 0 Å². The third-order valence-corrected chi connectivity index (χ3v) is 3.33. The Morgan fingerprint density at radius 1 is 1.24 bits per heavy atom. The van der Waals surface area contributed by atoms with E-state index in [-0.39, 0.29) is 12.5 Å². The predicted molar refractivity (Wildman–Crippen MR) is 77.4 cm³/mol. The van der Waals surface area contributed by atoms with Crippen molar-refractivity contribution in [2.45, 2.75) is 6.17 Å². The van der Waals surface area contributed by atoms with Gasteiger partial charge in [-0.05, 0) is 24.3 Å². The number of para-hydroxylation sites is 1. The molecule has 0 fully saturated rings. The summed E-state index contributed by atoms with van der Waals surface area (Å²) in [5, 5.41) is 2.86. The summed E-state index contributed by atoms with van der Waals surface area (Å²) in [7, 11) is 0. The van der Waals surface area contributed by atoms with Crippen LogP contribution < -0.4 is 16.0 Å². The first-order valence-electron chi connectivity index (χ1n) is 6.52. The van der Waals surface area contributed by atoms with Gasteiger partial charge in [0.1, 0.15) is 6.17 Å². The van der Waals surface area contributed by atoms with Crippen molar-refractivity contribution < 1.29 is 9.59 Å². The molecule has 21 heavy (non-hydrogen) atoms. The third kappa shape index (κ3) is 2.43. The molecule has 3 rings (SSSR count). The second kappa shape index (κ2) is 5.24. The van der Waals surface area contributed by atoms with Crippen LogP contribution in [0.3, 0.4) is 0 Å². The van der Waals surface area contributed by atoms with E-state index in [0.29, 0.717) is 16.9 Å². The highest BCUT2D eigenvalue weighted by atomic mass is 16.2. The van der Waals surface area contributed by atoms with Crippen molar-refractivity contribution in [3.63, 3.8) is 0 Å². The summed E-state index contributed by atoms with van der Waals surface area (Å²) in [6.45, 7) is -0.00145. The summed E-state index contributed by atoms with van der Waals surface area (Å²) in [5.74, 6) is -0.663. The molecule has 0 saturated heterocycles. The molecular weight excluding hydrogens is 268 g/mol. The molecule has 1 atom stereocenters. The smallest absolute Gasteiger partial charge is 0.255 e. The Bertz CT molecular complexity index is 687. The van der Waals surface area contributed by atoms with E-state index in [1.54, 1.807) is 41.4 Å². The first-order chi connectivity index (χ1) is 10.2. The molecule has 6 nitrogen and oxygen atoms in total. The van der Waals surface area contributed by atoms with Gasteiger partial charge < -0.3 is 16.0 Å². The zero-order valence-corrected chi connectivity index (χ0v) is 11.2. The molecular formula is C15H14N4O2. The first-order valence-corrected chi connectivity index (χ1v) is 6.52. The van der Waals surface area contributed by atoms with Crippen molar-refractivity contribution in [2.24, 2.45) is 5.73 Å². The number of nitrogens with two attached hydrogens (primary N) is 1. The number of nitrogens with zero attached hydrogens (tertiary/aromatic N) is 2. The fraction of sp³-hybridized carbons (Fsp3) is 0.133. The number of fused-ring (bicyclic) bond motifs is 1. The Labute approximate surface area is 121 Å². The summed E-state index contributed by atoms with van der Waals surface area (Å²) in [6, 6.07) is 12.5. The van der Waals surface area contributed by atoms with Crippen LogP contribution in [0.5, 0.6) is 0 Å². The first kappa shape index (κ1) is 13.1. The minimum absolute atomic E-state index is 0.00145. The number of hydrogen-bond acceptors (Lipinski definition) is 4. The van der Waals surface area contributed by atoms with Crippen LogP contribution in [0.1, 0.15) is 22.2 Å². The zero-order valence-electron chi connectivity index (χ0n) is 11.2. The molecule has 3 N–H and O–H groups in total. The lowest BCUT2D eigenvalue weighted by Crippen LogP contribution is -2.49. The molecule has 2 amide bonds. The van der Waals surface area contributed by atoms with Gasteiger partial charge in [0.25, 0.3) is 5.91 Å². The molecule has 0 spiro atoms. The van der Waals surface area contributed by atoms with Crippen molar-refractivity contribution >= 4 is 17.5 Å². The van der Waals surface area contributed by atoms with Crippen LogP contribution in [0.2, 0.25) is 0 Å². The van der Waals surface area contributed by atoms with Crippen LogP contribution in [-0.4, -0.2) is 23.3 Å². The highest BCUT2D eigenvalue weighted by Gasteiger charge is 2.32. The fourth-order valence-corrected chi connectivity index (χ4v) is 2.45. The highest BCUT2D eigenvalue weighted by Crippen LogP contribution is 2.31. The van der Waals surface area contributed by atoms with Gasteiger partial charge in [-0.15, -0.1) is 0 Å². The van der Waals surface area contributed by atoms with Crippen LogP contribution in [0.25, 0.3) is 0 Å². The van der Waals surface area contributed by atoms with Crippen LogP contribution in [0.4, 0.5) is 5.69 Å². The van der Waals surface area contributed by atoms with E-state index in [1.807, 2.05) is 12.1 Å². The number of benzene rings is 1. The monoisotopic (exact) mass is 282 g/mol. The number of nitrogens with one attached hydrogen (secondary N) is 1. The second-order valence-electron chi connectivity index (χ2n) is 4.74. The average molecular weight is 282 g/mol. The summed E-state index contributed by atoms with van der Waals surface area (Å²) in [6.07, 6.45) is 1.13. The van der Waals surface area contributed by atoms with Crippen molar-refractivity contribution in [3.8, 4) is 0 Å². The Morgan fingerprint density at radius 2 is 2.00 bits per heavy atom. The number of rotatable bonds is 3. The van der Waals surface area contributed by atoms with E-state index in [2.05, 4.69) is 10.3 Å². The van der Waals surface area contributed by atoms with E-state index < -0.39 is 12.1 Å². The van der Waals surface area contributed by atoms with Gasteiger partial charge in [0.05, 0.1) is 23.5 Å². The number of amides is 2. The molecule has 2 aromatic rings. The number of anilines is 1. The lowest BCUT2D eigenvalue weighted by molar-refractivity contribution is -0.116. The van der Waals surface area contributed by atoms with Gasteiger partial charge in [-0.1, -0.05) is 18.2 Å². The normalized spacial score (nSPS) is 17.0. The number of aromatic nitrogens is 1. The standard InChI is InChI=1S/C15H14N4O2/c16-13(20)9-19-12-7-2-1-5-10(12)15(21)18-14(19)11-6-3-4-8-17-11/h1-8,14H,9H2,(H2,16,20)(H,18,21)/t14-/m1/s1. The van der Waals surface area contributed by atoms with E-state index in [9.17, 15) is 9.59 Å². The number of primary amides is 1. The second-order valence-corrected chi connectivity index (χ2v) is 4.74. The average Bonchev–Trinajstić information content (AvgIpc) is 2.50. The molecule has 0 bridgehead atoms. The van der Waals surface area contributed by atoms with Gasteiger partial charge >= 0.3 is 0 Å². The summed E-state index contributed by atoms with van der Waals surface area (Å²) in [4.78, 5) is 29.6. The van der Waals surface area contributed by atoms with E-state index in [4.69, 9.17) is 5.73 Å². The molecule has 0 saturated carbocycles. The maximum atomic E-state index is 12.2. The third-order valence-electron chi connectivity index (χ3n) is 3.33. The molecule has 0 radical (unpaired) electrons. The van der Waals surface area contributed by atoms with Crippen LogP contribution in [-0.2, 0) is 4.79 Å². The van der Waals surface area contributed by atoms with Crippen molar-refractivity contribution in [1.82, 2.24) is 10.3 Å². The minimum atomic E-state index is -0.513. The lowest BCUT2D eigenvalue weighted by Gasteiger charge is -2.37. The van der Waals surface area contributed by atoms with Crippen molar-refractivity contribution in [2.75, 3.05) is 11.4 Å². The molecule has 1 aliphatic rings. The van der Waals surface area contributed by atoms with Gasteiger partial charge in [0.2, 0.25) is 5.91 Å². The lowest BCUT2D eigenvalue weighted by atomic mass is 10.1.